The number of carboxylic acid groups (broad SMARTS) is 2. The minimum Gasteiger partial charge on any atom is -1.00 e. The third kappa shape index (κ3) is 5.12. The number of rotatable bonds is 2. The van der Waals surface area contributed by atoms with Crippen molar-refractivity contribution in [2.24, 2.45) is 0 Å². The number of hydrogen-bond acceptors (Lipinski definition) is 3. The predicted octanol–water partition coefficient (Wildman–Crippen LogP) is -2.09. The van der Waals surface area contributed by atoms with E-state index in [4.69, 9.17) is 10.2 Å². The summed E-state index contributed by atoms with van der Waals surface area (Å²) in [6.07, 6.45) is 0. The molecule has 1 rings (SSSR count). The molecule has 3 N–H and O–H groups in total. The fourth-order valence-corrected chi connectivity index (χ4v) is 0.755. The molecule has 0 heterocycles. The molecule has 5 nitrogen and oxygen atoms in total. The van der Waals surface area contributed by atoms with Crippen molar-refractivity contribution >= 4 is 11.9 Å². The Bertz CT molecular complexity index is 291. The van der Waals surface area contributed by atoms with Crippen molar-refractivity contribution in [3.63, 3.8) is 0 Å². The zero-order valence-corrected chi connectivity index (χ0v) is 8.53. The molecule has 15 heavy (non-hydrogen) atoms. The summed E-state index contributed by atoms with van der Waals surface area (Å²) in [5, 5.41) is 16.9. The second-order valence-electron chi connectivity index (χ2n) is 2.19. The van der Waals surface area contributed by atoms with Crippen LogP contribution in [0.4, 0.5) is 0 Å². The minimum atomic E-state index is -1.06. The van der Waals surface area contributed by atoms with E-state index in [-0.39, 0.29) is 38.7 Å². The van der Waals surface area contributed by atoms with E-state index >= 15 is 0 Å². The van der Waals surface area contributed by atoms with Crippen LogP contribution in [0, 0.1) is 0 Å². The Morgan fingerprint density at radius 3 is 1.20 bits per heavy atom. The molecule has 0 radical (unpaired) electrons. The van der Waals surface area contributed by atoms with E-state index < -0.39 is 11.9 Å². The van der Waals surface area contributed by atoms with Gasteiger partial charge in [0.05, 0.1) is 11.1 Å². The number of benzene rings is 1. The summed E-state index contributed by atoms with van der Waals surface area (Å²) in [4.78, 5) is 20.7. The molecule has 0 fully saturated rings. The van der Waals surface area contributed by atoms with Gasteiger partial charge in [0.25, 0.3) is 0 Å². The van der Waals surface area contributed by atoms with Crippen LogP contribution in [0.2, 0.25) is 0 Å². The first kappa shape index (κ1) is 19.2. The number of halogens is 1. The Hall–Kier alpha value is -1.42. The van der Waals surface area contributed by atoms with Crippen LogP contribution in [0.5, 0.6) is 0 Å². The molecule has 0 aliphatic rings. The molecule has 0 atom stereocenters. The summed E-state index contributed by atoms with van der Waals surface area (Å²) >= 11 is 0. The summed E-state index contributed by atoms with van der Waals surface area (Å²) in [7, 11) is 0. The first-order valence-corrected chi connectivity index (χ1v) is 3.18. The molecule has 0 amide bonds. The summed E-state index contributed by atoms with van der Waals surface area (Å²) < 4.78 is 0. The third-order valence-corrected chi connectivity index (χ3v) is 1.38. The molecule has 0 saturated heterocycles. The quantitative estimate of drug-likeness (QED) is 0.629. The molecule has 0 aliphatic carbocycles. The van der Waals surface area contributed by atoms with Gasteiger partial charge in [-0.3, -0.25) is 0 Å². The number of carbonyl (C=O) groups is 2. The number of hydrogen-bond donors (Lipinski definition) is 2. The van der Waals surface area contributed by atoms with E-state index in [1.807, 2.05) is 0 Å². The zero-order valence-electron chi connectivity index (χ0n) is 7.25. The van der Waals surface area contributed by atoms with Crippen LogP contribution < -0.4 is 4.70 Å². The predicted molar refractivity (Wildman–Crippen MR) is 42.3 cm³/mol. The first-order valence-electron chi connectivity index (χ1n) is 3.18. The van der Waals surface area contributed by atoms with Crippen molar-refractivity contribution in [3.05, 3.63) is 35.4 Å². The van der Waals surface area contributed by atoms with E-state index in [1.165, 1.54) is 24.3 Å². The molecular formula is C8H7CrFO5. The monoisotopic (exact) mass is 254 g/mol. The van der Waals surface area contributed by atoms with Gasteiger partial charge in [-0.15, -0.1) is 0 Å². The van der Waals surface area contributed by atoms with Gasteiger partial charge in [-0.2, -0.15) is 0 Å². The topological polar surface area (TPSA) is 105 Å². The van der Waals surface area contributed by atoms with Gasteiger partial charge in [-0.05, 0) is 24.3 Å². The summed E-state index contributed by atoms with van der Waals surface area (Å²) in [6, 6.07) is 5.02. The van der Waals surface area contributed by atoms with Crippen LogP contribution in [0.3, 0.4) is 0 Å². The van der Waals surface area contributed by atoms with Crippen LogP contribution >= 0.6 is 0 Å². The van der Waals surface area contributed by atoms with E-state index in [9.17, 15) is 9.59 Å². The van der Waals surface area contributed by atoms with Gasteiger partial charge < -0.3 is 20.4 Å². The Morgan fingerprint density at radius 2 is 1.07 bits per heavy atom. The molecular weight excluding hydrogens is 247 g/mol. The summed E-state index contributed by atoms with van der Waals surface area (Å²) in [6.45, 7) is 0. The fraction of sp³-hybridized carbons (Fsp3) is 0. The molecule has 0 saturated carbocycles. The Balaban J connectivity index is -0.000000480. The summed E-state index contributed by atoms with van der Waals surface area (Å²) in [5.41, 5.74) is 0.167. The molecule has 0 unspecified atom stereocenters. The van der Waals surface area contributed by atoms with Crippen LogP contribution in [0.1, 0.15) is 20.7 Å². The molecule has 1 aromatic rings. The van der Waals surface area contributed by atoms with Crippen LogP contribution in [0.15, 0.2) is 24.3 Å². The van der Waals surface area contributed by atoms with Gasteiger partial charge in [0.1, 0.15) is 0 Å². The maximum atomic E-state index is 10.3. The smallest absolute Gasteiger partial charge is 1.00 e. The average Bonchev–Trinajstić information content (AvgIpc) is 2.04. The van der Waals surface area contributed by atoms with Gasteiger partial charge in [-0.25, -0.2) is 9.59 Å². The largest absolute Gasteiger partial charge is 2.00 e. The Morgan fingerprint density at radius 1 is 0.867 bits per heavy atom. The second-order valence-corrected chi connectivity index (χ2v) is 2.19. The molecule has 0 aromatic heterocycles. The third-order valence-electron chi connectivity index (χ3n) is 1.38. The van der Waals surface area contributed by atoms with Crippen molar-refractivity contribution in [2.45, 2.75) is 0 Å². The van der Waals surface area contributed by atoms with Crippen LogP contribution in [-0.4, -0.2) is 27.6 Å². The van der Waals surface area contributed by atoms with Crippen LogP contribution in [-0.2, 0) is 17.4 Å². The zero-order chi connectivity index (χ0) is 9.14. The van der Waals surface area contributed by atoms with Crippen molar-refractivity contribution < 1.29 is 47.3 Å². The number of aromatic carboxylic acids is 2. The Labute approximate surface area is 95.2 Å². The second kappa shape index (κ2) is 7.94. The van der Waals surface area contributed by atoms with Gasteiger partial charge in [-0.1, -0.05) is 0 Å². The molecule has 82 valence electrons. The van der Waals surface area contributed by atoms with Crippen molar-refractivity contribution in [3.8, 4) is 0 Å². The normalized spacial score (nSPS) is 7.47. The molecule has 7 heteroatoms. The number of carboxylic acids is 2. The standard InChI is InChI=1S/C8H6O4.Cr.FH.H2O/c9-7(10)5-1-2-6(4-3-5)8(11)12;;;/h1-4H,(H,9,10)(H,11,12);;1H;1H2/q;+2;;/p-2. The molecule has 1 aromatic carbocycles. The fourth-order valence-electron chi connectivity index (χ4n) is 0.755. The molecule has 0 spiro atoms. The van der Waals surface area contributed by atoms with Crippen molar-refractivity contribution in [1.29, 1.82) is 0 Å². The minimum absolute atomic E-state index is 0. The first-order chi connectivity index (χ1) is 5.61. The van der Waals surface area contributed by atoms with Gasteiger partial charge >= 0.3 is 29.3 Å². The van der Waals surface area contributed by atoms with E-state index in [2.05, 4.69) is 0 Å². The van der Waals surface area contributed by atoms with Gasteiger partial charge in [0, 0.05) is 0 Å². The van der Waals surface area contributed by atoms with E-state index in [0.29, 0.717) is 0 Å². The average molecular weight is 254 g/mol. The SMILES string of the molecule is O=C(O)c1ccc(C(=O)O)cc1.[Cr+2].[F-].[OH-]. The molecule has 0 aliphatic heterocycles. The molecule has 0 bridgehead atoms. The van der Waals surface area contributed by atoms with Crippen molar-refractivity contribution in [2.75, 3.05) is 0 Å². The summed E-state index contributed by atoms with van der Waals surface area (Å²) in [5.74, 6) is -2.13. The van der Waals surface area contributed by atoms with E-state index in [0.717, 1.165) is 0 Å². The van der Waals surface area contributed by atoms with E-state index in [1.54, 1.807) is 0 Å². The van der Waals surface area contributed by atoms with Gasteiger partial charge in [0.2, 0.25) is 0 Å². The van der Waals surface area contributed by atoms with Gasteiger partial charge in [0.15, 0.2) is 0 Å². The maximum Gasteiger partial charge on any atom is 2.00 e. The van der Waals surface area contributed by atoms with Crippen molar-refractivity contribution in [1.82, 2.24) is 0 Å². The van der Waals surface area contributed by atoms with Crippen LogP contribution in [0.25, 0.3) is 0 Å². The maximum absolute atomic E-state index is 10.3. The Kier molecular flexibility index (Phi) is 10.2.